The van der Waals surface area contributed by atoms with Gasteiger partial charge in [-0.2, -0.15) is 0 Å². The largest absolute Gasteiger partial charge is 0.385 e. The Hall–Kier alpha value is -0.980. The van der Waals surface area contributed by atoms with Crippen LogP contribution >= 0.6 is 0 Å². The van der Waals surface area contributed by atoms with Crippen LogP contribution in [0.15, 0.2) is 24.3 Å². The lowest BCUT2D eigenvalue weighted by molar-refractivity contribution is 0.617. The first-order chi connectivity index (χ1) is 9.86. The summed E-state index contributed by atoms with van der Waals surface area (Å²) in [5.41, 5.74) is 2.75. The van der Waals surface area contributed by atoms with Crippen molar-refractivity contribution in [3.05, 3.63) is 29.8 Å². The summed E-state index contributed by atoms with van der Waals surface area (Å²) in [6.07, 6.45) is 13.4. The van der Waals surface area contributed by atoms with Gasteiger partial charge in [-0.3, -0.25) is 0 Å². The molecule has 1 aromatic carbocycles. The highest BCUT2D eigenvalue weighted by Gasteiger charge is 1.95. The van der Waals surface area contributed by atoms with Crippen molar-refractivity contribution in [3.63, 3.8) is 0 Å². The summed E-state index contributed by atoms with van der Waals surface area (Å²) in [6, 6.07) is 9.02. The van der Waals surface area contributed by atoms with Crippen molar-refractivity contribution < 1.29 is 0 Å². The Morgan fingerprint density at radius 1 is 0.700 bits per heavy atom. The van der Waals surface area contributed by atoms with Crippen molar-refractivity contribution in [2.45, 2.75) is 78.1 Å². The SMILES string of the molecule is CCCCCCCCNc1ccc(CCCCC)cc1. The second-order valence-corrected chi connectivity index (χ2v) is 5.85. The highest BCUT2D eigenvalue weighted by molar-refractivity contribution is 5.44. The molecule has 1 rings (SSSR count). The third kappa shape index (κ3) is 8.24. The maximum Gasteiger partial charge on any atom is 0.0340 e. The van der Waals surface area contributed by atoms with E-state index in [9.17, 15) is 0 Å². The lowest BCUT2D eigenvalue weighted by atomic mass is 10.1. The summed E-state index contributed by atoms with van der Waals surface area (Å²) >= 11 is 0. The zero-order valence-electron chi connectivity index (χ0n) is 13.6. The molecule has 0 amide bonds. The molecule has 0 atom stereocenters. The number of rotatable bonds is 12. The fourth-order valence-electron chi connectivity index (χ4n) is 2.51. The molecule has 0 bridgehead atoms. The molecule has 0 aromatic heterocycles. The molecule has 1 N–H and O–H groups in total. The van der Waals surface area contributed by atoms with E-state index in [0.717, 1.165) is 6.54 Å². The molecule has 0 aliphatic rings. The van der Waals surface area contributed by atoms with Gasteiger partial charge in [0.25, 0.3) is 0 Å². The van der Waals surface area contributed by atoms with Crippen molar-refractivity contribution in [2.24, 2.45) is 0 Å². The van der Waals surface area contributed by atoms with Crippen LogP contribution in [0.5, 0.6) is 0 Å². The lowest BCUT2D eigenvalue weighted by Crippen LogP contribution is -2.01. The minimum absolute atomic E-state index is 1.11. The molecule has 0 radical (unpaired) electrons. The first-order valence-corrected chi connectivity index (χ1v) is 8.69. The molecule has 0 saturated heterocycles. The number of unbranched alkanes of at least 4 members (excludes halogenated alkanes) is 7. The monoisotopic (exact) mass is 275 g/mol. The maximum absolute atomic E-state index is 3.53. The van der Waals surface area contributed by atoms with Crippen LogP contribution in [0.3, 0.4) is 0 Å². The number of hydrogen-bond donors (Lipinski definition) is 1. The van der Waals surface area contributed by atoms with E-state index in [1.807, 2.05) is 0 Å². The van der Waals surface area contributed by atoms with E-state index in [1.54, 1.807) is 0 Å². The Labute approximate surface area is 126 Å². The molecule has 0 aliphatic heterocycles. The number of nitrogens with one attached hydrogen (secondary N) is 1. The molecule has 1 nitrogen and oxygen atoms in total. The summed E-state index contributed by atoms with van der Waals surface area (Å²) in [4.78, 5) is 0. The normalized spacial score (nSPS) is 10.7. The third-order valence-corrected chi connectivity index (χ3v) is 3.88. The second-order valence-electron chi connectivity index (χ2n) is 5.85. The van der Waals surface area contributed by atoms with E-state index < -0.39 is 0 Å². The van der Waals surface area contributed by atoms with Crippen LogP contribution < -0.4 is 5.32 Å². The zero-order chi connectivity index (χ0) is 14.5. The van der Waals surface area contributed by atoms with Gasteiger partial charge in [-0.15, -0.1) is 0 Å². The summed E-state index contributed by atoms with van der Waals surface area (Å²) in [5.74, 6) is 0. The molecule has 20 heavy (non-hydrogen) atoms. The summed E-state index contributed by atoms with van der Waals surface area (Å²) in [7, 11) is 0. The van der Waals surface area contributed by atoms with Crippen molar-refractivity contribution >= 4 is 5.69 Å². The fourth-order valence-corrected chi connectivity index (χ4v) is 2.51. The topological polar surface area (TPSA) is 12.0 Å². The van der Waals surface area contributed by atoms with Crippen molar-refractivity contribution in [3.8, 4) is 0 Å². The van der Waals surface area contributed by atoms with Gasteiger partial charge in [0.05, 0.1) is 0 Å². The van der Waals surface area contributed by atoms with E-state index in [4.69, 9.17) is 0 Å². The first kappa shape index (κ1) is 17.1. The molecule has 0 unspecified atom stereocenters. The van der Waals surface area contributed by atoms with Crippen LogP contribution in [0.25, 0.3) is 0 Å². The Kier molecular flexibility index (Phi) is 10.1. The Morgan fingerprint density at radius 2 is 1.30 bits per heavy atom. The zero-order valence-corrected chi connectivity index (χ0v) is 13.6. The van der Waals surface area contributed by atoms with E-state index in [2.05, 4.69) is 43.4 Å². The van der Waals surface area contributed by atoms with Gasteiger partial charge in [0.2, 0.25) is 0 Å². The molecular weight excluding hydrogens is 242 g/mol. The van der Waals surface area contributed by atoms with Crippen LogP contribution in [-0.4, -0.2) is 6.54 Å². The molecule has 1 aromatic rings. The van der Waals surface area contributed by atoms with E-state index in [-0.39, 0.29) is 0 Å². The summed E-state index contributed by atoms with van der Waals surface area (Å²) in [5, 5.41) is 3.53. The standard InChI is InChI=1S/C19H33N/c1-3-5-7-8-9-11-17-20-19-15-13-18(14-16-19)12-10-6-4-2/h13-16,20H,3-12,17H2,1-2H3. The second kappa shape index (κ2) is 11.8. The summed E-state index contributed by atoms with van der Waals surface area (Å²) < 4.78 is 0. The third-order valence-electron chi connectivity index (χ3n) is 3.88. The fraction of sp³-hybridized carbons (Fsp3) is 0.684. The molecular formula is C19H33N. The van der Waals surface area contributed by atoms with Crippen LogP contribution in [-0.2, 0) is 6.42 Å². The van der Waals surface area contributed by atoms with Gasteiger partial charge in [-0.05, 0) is 37.0 Å². The van der Waals surface area contributed by atoms with Crippen molar-refractivity contribution in [1.82, 2.24) is 0 Å². The van der Waals surface area contributed by atoms with Gasteiger partial charge in [0.15, 0.2) is 0 Å². The Bertz CT molecular complexity index is 315. The van der Waals surface area contributed by atoms with Gasteiger partial charge in [-0.25, -0.2) is 0 Å². The number of benzene rings is 1. The predicted octanol–water partition coefficient (Wildman–Crippen LogP) is 6.19. The first-order valence-electron chi connectivity index (χ1n) is 8.69. The molecule has 0 fully saturated rings. The van der Waals surface area contributed by atoms with Gasteiger partial charge in [-0.1, -0.05) is 70.9 Å². The number of hydrogen-bond acceptors (Lipinski definition) is 1. The smallest absolute Gasteiger partial charge is 0.0340 e. The molecule has 114 valence electrons. The van der Waals surface area contributed by atoms with Gasteiger partial charge in [0.1, 0.15) is 0 Å². The predicted molar refractivity (Wildman–Crippen MR) is 91.5 cm³/mol. The van der Waals surface area contributed by atoms with Crippen molar-refractivity contribution in [1.29, 1.82) is 0 Å². The molecule has 0 spiro atoms. The highest BCUT2D eigenvalue weighted by Crippen LogP contribution is 2.13. The van der Waals surface area contributed by atoms with Gasteiger partial charge in [0, 0.05) is 12.2 Å². The Balaban J connectivity index is 2.08. The maximum atomic E-state index is 3.53. The Morgan fingerprint density at radius 3 is 2.00 bits per heavy atom. The van der Waals surface area contributed by atoms with Gasteiger partial charge >= 0.3 is 0 Å². The quantitative estimate of drug-likeness (QED) is 0.448. The minimum atomic E-state index is 1.11. The summed E-state index contributed by atoms with van der Waals surface area (Å²) in [6.45, 7) is 5.64. The van der Waals surface area contributed by atoms with Crippen LogP contribution in [0, 0.1) is 0 Å². The molecule has 0 heterocycles. The van der Waals surface area contributed by atoms with E-state index >= 15 is 0 Å². The van der Waals surface area contributed by atoms with E-state index in [1.165, 1.54) is 75.5 Å². The van der Waals surface area contributed by atoms with Crippen molar-refractivity contribution in [2.75, 3.05) is 11.9 Å². The molecule has 0 saturated carbocycles. The van der Waals surface area contributed by atoms with Gasteiger partial charge < -0.3 is 5.32 Å². The average molecular weight is 275 g/mol. The van der Waals surface area contributed by atoms with Crippen LogP contribution in [0.1, 0.15) is 77.2 Å². The molecule has 1 heteroatoms. The van der Waals surface area contributed by atoms with Crippen LogP contribution in [0.2, 0.25) is 0 Å². The van der Waals surface area contributed by atoms with E-state index in [0.29, 0.717) is 0 Å². The molecule has 0 aliphatic carbocycles. The number of anilines is 1. The lowest BCUT2D eigenvalue weighted by Gasteiger charge is -2.07. The minimum Gasteiger partial charge on any atom is -0.385 e. The number of aryl methyl sites for hydroxylation is 1. The highest BCUT2D eigenvalue weighted by atomic mass is 14.9. The average Bonchev–Trinajstić information content (AvgIpc) is 2.48. The van der Waals surface area contributed by atoms with Crippen LogP contribution in [0.4, 0.5) is 5.69 Å².